The molecule has 0 spiro atoms. The number of aryl methyl sites for hydroxylation is 1. The number of rotatable bonds is 1. The van der Waals surface area contributed by atoms with E-state index in [2.05, 4.69) is 0 Å². The van der Waals surface area contributed by atoms with Gasteiger partial charge in [-0.15, -0.1) is 23.2 Å². The highest BCUT2D eigenvalue weighted by atomic mass is 35.5. The quantitative estimate of drug-likeness (QED) is 0.348. The number of hydrogen-bond donors (Lipinski definition) is 1. The normalized spacial score (nSPS) is 36.8. The van der Waals surface area contributed by atoms with E-state index in [4.69, 9.17) is 23.2 Å². The Bertz CT molecular complexity index is 1240. The molecular weight excluding hydrogens is 491 g/mol. The molecule has 1 aromatic rings. The third-order valence-corrected chi connectivity index (χ3v) is 9.65. The van der Waals surface area contributed by atoms with E-state index in [1.807, 2.05) is 26.8 Å². The molecule has 2 aliphatic carbocycles. The molecule has 0 bridgehead atoms. The fourth-order valence-electron chi connectivity index (χ4n) is 6.64. The van der Waals surface area contributed by atoms with Gasteiger partial charge in [0.1, 0.15) is 5.75 Å². The lowest BCUT2D eigenvalue weighted by Gasteiger charge is -2.51. The molecule has 5 rings (SSSR count). The fraction of sp³-hybridized carbons (Fsp3) is 0.538. The Morgan fingerprint density at radius 3 is 2.29 bits per heavy atom. The van der Waals surface area contributed by atoms with Crippen molar-refractivity contribution in [3.05, 3.63) is 41.0 Å². The van der Waals surface area contributed by atoms with Crippen LogP contribution in [-0.2, 0) is 19.2 Å². The van der Waals surface area contributed by atoms with Crippen molar-refractivity contribution in [3.63, 3.8) is 0 Å². The Morgan fingerprint density at radius 1 is 1.03 bits per heavy atom. The molecule has 186 valence electrons. The average molecular weight is 519 g/mol. The van der Waals surface area contributed by atoms with E-state index in [1.165, 1.54) is 18.0 Å². The molecule has 4 aliphatic rings. The van der Waals surface area contributed by atoms with Gasteiger partial charge in [-0.1, -0.05) is 23.8 Å². The maximum Gasteiger partial charge on any atom is 0.253 e. The van der Waals surface area contributed by atoms with Gasteiger partial charge >= 0.3 is 0 Å². The Morgan fingerprint density at radius 2 is 1.69 bits per heavy atom. The van der Waals surface area contributed by atoms with E-state index in [9.17, 15) is 24.3 Å². The van der Waals surface area contributed by atoms with Crippen molar-refractivity contribution in [1.82, 2.24) is 9.80 Å². The predicted molar refractivity (Wildman–Crippen MR) is 130 cm³/mol. The SMILES string of the molecule is Cc1cc(C2C3=CCC4C(=O)N(C(C)(C)C)C(=O)C4C3CC3(Cl)C(=O)N(C)C(=O)C23Cl)ccc1O. The average Bonchev–Trinajstić information content (AvgIpc) is 3.11. The number of carbonyl (C=O) groups excluding carboxylic acids is 4. The van der Waals surface area contributed by atoms with Crippen molar-refractivity contribution in [2.75, 3.05) is 7.05 Å². The van der Waals surface area contributed by atoms with Crippen molar-refractivity contribution >= 4 is 46.8 Å². The molecule has 1 N–H and O–H groups in total. The van der Waals surface area contributed by atoms with Gasteiger partial charge in [0.05, 0.1) is 11.8 Å². The number of halogens is 2. The Balaban J connectivity index is 1.73. The minimum absolute atomic E-state index is 0.0233. The molecule has 2 aliphatic heterocycles. The second-order valence-corrected chi connectivity index (χ2v) is 12.5. The summed E-state index contributed by atoms with van der Waals surface area (Å²) >= 11 is 14.2. The zero-order valence-electron chi connectivity index (χ0n) is 20.3. The molecule has 4 amide bonds. The van der Waals surface area contributed by atoms with Gasteiger partial charge in [-0.25, -0.2) is 0 Å². The van der Waals surface area contributed by atoms with Crippen LogP contribution >= 0.6 is 23.2 Å². The van der Waals surface area contributed by atoms with Gasteiger partial charge in [0.25, 0.3) is 11.8 Å². The van der Waals surface area contributed by atoms with Gasteiger partial charge in [-0.3, -0.25) is 29.0 Å². The van der Waals surface area contributed by atoms with Crippen LogP contribution in [0.2, 0.25) is 0 Å². The van der Waals surface area contributed by atoms with Crippen LogP contribution in [0, 0.1) is 24.7 Å². The summed E-state index contributed by atoms with van der Waals surface area (Å²) in [6, 6.07) is 4.92. The van der Waals surface area contributed by atoms with Crippen molar-refractivity contribution in [3.8, 4) is 5.75 Å². The number of allylic oxidation sites excluding steroid dienone is 2. The van der Waals surface area contributed by atoms with Crippen LogP contribution in [0.25, 0.3) is 0 Å². The lowest BCUT2D eigenvalue weighted by atomic mass is 9.56. The highest BCUT2D eigenvalue weighted by Crippen LogP contribution is 2.65. The summed E-state index contributed by atoms with van der Waals surface area (Å²) in [4.78, 5) is 52.6. The first kappa shape index (κ1) is 24.3. The molecular formula is C26H28Cl2N2O5. The number of alkyl halides is 2. The summed E-state index contributed by atoms with van der Waals surface area (Å²) in [5, 5.41) is 10.1. The third kappa shape index (κ3) is 2.91. The molecule has 7 nitrogen and oxygen atoms in total. The van der Waals surface area contributed by atoms with E-state index in [-0.39, 0.29) is 24.0 Å². The van der Waals surface area contributed by atoms with Gasteiger partial charge in [-0.2, -0.15) is 0 Å². The second kappa shape index (κ2) is 7.32. The maximum atomic E-state index is 13.7. The molecule has 6 atom stereocenters. The minimum atomic E-state index is -1.81. The topological polar surface area (TPSA) is 95.0 Å². The molecule has 6 unspecified atom stereocenters. The second-order valence-electron chi connectivity index (χ2n) is 11.2. The zero-order valence-corrected chi connectivity index (χ0v) is 21.8. The first-order chi connectivity index (χ1) is 16.2. The van der Waals surface area contributed by atoms with Crippen LogP contribution in [0.3, 0.4) is 0 Å². The number of phenols is 1. The van der Waals surface area contributed by atoms with Gasteiger partial charge in [0, 0.05) is 18.5 Å². The van der Waals surface area contributed by atoms with Crippen molar-refractivity contribution in [1.29, 1.82) is 0 Å². The molecule has 1 aromatic carbocycles. The number of phenolic OH excluding ortho intramolecular Hbond substituents is 1. The summed E-state index contributed by atoms with van der Waals surface area (Å²) in [6.07, 6.45) is 2.22. The maximum absolute atomic E-state index is 13.7. The number of likely N-dealkylation sites (tertiary alicyclic amines) is 2. The van der Waals surface area contributed by atoms with Crippen molar-refractivity contribution in [2.45, 2.75) is 61.7 Å². The van der Waals surface area contributed by atoms with Crippen LogP contribution in [0.4, 0.5) is 0 Å². The lowest BCUT2D eigenvalue weighted by molar-refractivity contribution is -0.146. The lowest BCUT2D eigenvalue weighted by Crippen LogP contribution is -2.60. The van der Waals surface area contributed by atoms with Crippen molar-refractivity contribution < 1.29 is 24.3 Å². The number of nitrogens with zero attached hydrogens (tertiary/aromatic N) is 2. The predicted octanol–water partition coefficient (Wildman–Crippen LogP) is 3.49. The van der Waals surface area contributed by atoms with Crippen LogP contribution in [0.15, 0.2) is 29.8 Å². The smallest absolute Gasteiger partial charge is 0.253 e. The molecule has 9 heteroatoms. The van der Waals surface area contributed by atoms with Gasteiger partial charge < -0.3 is 5.11 Å². The van der Waals surface area contributed by atoms with Crippen LogP contribution in [0.1, 0.15) is 50.7 Å². The van der Waals surface area contributed by atoms with Gasteiger partial charge in [-0.05, 0) is 63.6 Å². The Kier molecular flexibility index (Phi) is 5.09. The number of imide groups is 2. The first-order valence-electron chi connectivity index (χ1n) is 11.7. The molecule has 0 radical (unpaired) electrons. The summed E-state index contributed by atoms with van der Waals surface area (Å²) in [6.45, 7) is 7.18. The molecule has 2 saturated heterocycles. The largest absolute Gasteiger partial charge is 0.508 e. The molecule has 0 aromatic heterocycles. The van der Waals surface area contributed by atoms with Gasteiger partial charge in [0.2, 0.25) is 11.8 Å². The summed E-state index contributed by atoms with van der Waals surface area (Å²) in [5.74, 6) is -4.21. The Hall–Kier alpha value is -2.38. The summed E-state index contributed by atoms with van der Waals surface area (Å²) in [5.41, 5.74) is 1.25. The minimum Gasteiger partial charge on any atom is -0.508 e. The molecule has 1 saturated carbocycles. The van der Waals surface area contributed by atoms with E-state index in [0.717, 1.165) is 10.5 Å². The van der Waals surface area contributed by atoms with Crippen molar-refractivity contribution in [2.24, 2.45) is 17.8 Å². The van der Waals surface area contributed by atoms with E-state index in [1.54, 1.807) is 19.1 Å². The number of aromatic hydroxyl groups is 1. The van der Waals surface area contributed by atoms with Crippen LogP contribution < -0.4 is 0 Å². The monoisotopic (exact) mass is 518 g/mol. The number of amides is 4. The standard InChI is InChI=1S/C26H28Cl2N2O5/c1-12-10-13(6-9-17(12)31)19-14-7-8-15-18(21(33)30(20(15)32)24(2,3)4)16(14)11-25(27)22(34)29(5)23(35)26(19,25)28/h6-7,9-10,15-16,18-19,31H,8,11H2,1-5H3. The summed E-state index contributed by atoms with van der Waals surface area (Å²) < 4.78 is 0. The number of fused-ring (bicyclic) bond motifs is 4. The molecule has 3 fully saturated rings. The van der Waals surface area contributed by atoms with Gasteiger partial charge in [0.15, 0.2) is 9.75 Å². The highest BCUT2D eigenvalue weighted by Gasteiger charge is 2.76. The number of carbonyl (C=O) groups is 4. The van der Waals surface area contributed by atoms with E-state index in [0.29, 0.717) is 17.5 Å². The summed E-state index contributed by atoms with van der Waals surface area (Å²) in [7, 11) is 1.36. The molecule has 35 heavy (non-hydrogen) atoms. The van der Waals surface area contributed by atoms with E-state index < -0.39 is 50.8 Å². The highest BCUT2D eigenvalue weighted by molar-refractivity contribution is 6.53. The third-order valence-electron chi connectivity index (χ3n) is 8.24. The first-order valence-corrected chi connectivity index (χ1v) is 12.5. The Labute approximate surface area is 214 Å². The molecule has 2 heterocycles. The number of benzene rings is 1. The van der Waals surface area contributed by atoms with Crippen LogP contribution in [-0.4, -0.2) is 60.9 Å². The van der Waals surface area contributed by atoms with E-state index >= 15 is 0 Å². The zero-order chi connectivity index (χ0) is 25.8. The number of hydrogen-bond acceptors (Lipinski definition) is 5. The van der Waals surface area contributed by atoms with Crippen LogP contribution in [0.5, 0.6) is 5.75 Å². The fourth-order valence-corrected chi connectivity index (χ4v) is 7.66.